The number of nitrogens with zero attached hydrogens (tertiary/aromatic N) is 2. The minimum atomic E-state index is 0.157. The molecule has 108 valence electrons. The van der Waals surface area contributed by atoms with Crippen LogP contribution in [0.1, 0.15) is 36.0 Å². The molecule has 1 heterocycles. The molecule has 0 saturated carbocycles. The molecule has 0 aliphatic carbocycles. The van der Waals surface area contributed by atoms with Crippen molar-refractivity contribution in [1.82, 2.24) is 4.90 Å². The van der Waals surface area contributed by atoms with Crippen LogP contribution in [0.3, 0.4) is 0 Å². The predicted octanol–water partition coefficient (Wildman–Crippen LogP) is 2.34. The summed E-state index contributed by atoms with van der Waals surface area (Å²) in [5.74, 6) is 0.386. The number of benzene rings is 1. The smallest absolute Gasteiger partial charge is 0.222 e. The second-order valence-electron chi connectivity index (χ2n) is 5.42. The fraction of sp³-hybridized carbons (Fsp3) is 0.500. The average molecular weight is 274 g/mol. The molecule has 4 nitrogen and oxygen atoms in total. The SMILES string of the molecule is CN(C)C(=O)CCCN1CCCC(=O)c2ccccc21. The molecular formula is C16H22N2O2. The van der Waals surface area contributed by atoms with Gasteiger partial charge in [-0.2, -0.15) is 0 Å². The second kappa shape index (κ2) is 6.55. The Labute approximate surface area is 120 Å². The number of carbonyl (C=O) groups excluding carboxylic acids is 2. The summed E-state index contributed by atoms with van der Waals surface area (Å²) in [4.78, 5) is 27.5. The number of Topliss-reactive ketones (excluding diaryl/α,β-unsaturated/α-hetero) is 1. The number of ketones is 1. The number of anilines is 1. The predicted molar refractivity (Wildman–Crippen MR) is 80.1 cm³/mol. The van der Waals surface area contributed by atoms with E-state index in [1.807, 2.05) is 24.3 Å². The summed E-state index contributed by atoms with van der Waals surface area (Å²) in [6, 6.07) is 7.79. The molecule has 0 fully saturated rings. The Morgan fingerprint density at radius 3 is 2.80 bits per heavy atom. The monoisotopic (exact) mass is 274 g/mol. The molecule has 0 N–H and O–H groups in total. The highest BCUT2D eigenvalue weighted by Gasteiger charge is 2.20. The largest absolute Gasteiger partial charge is 0.371 e. The Kier molecular flexibility index (Phi) is 4.77. The normalized spacial score (nSPS) is 14.7. The van der Waals surface area contributed by atoms with E-state index in [-0.39, 0.29) is 11.7 Å². The van der Waals surface area contributed by atoms with E-state index in [0.717, 1.165) is 37.2 Å². The second-order valence-corrected chi connectivity index (χ2v) is 5.42. The van der Waals surface area contributed by atoms with Crippen molar-refractivity contribution < 1.29 is 9.59 Å². The maximum atomic E-state index is 12.0. The van der Waals surface area contributed by atoms with E-state index in [4.69, 9.17) is 0 Å². The van der Waals surface area contributed by atoms with Gasteiger partial charge in [-0.15, -0.1) is 0 Å². The van der Waals surface area contributed by atoms with Gasteiger partial charge in [-0.1, -0.05) is 12.1 Å². The van der Waals surface area contributed by atoms with Crippen molar-refractivity contribution in [3.05, 3.63) is 29.8 Å². The van der Waals surface area contributed by atoms with Crippen LogP contribution in [-0.4, -0.2) is 43.8 Å². The highest BCUT2D eigenvalue weighted by molar-refractivity contribution is 6.01. The third-order valence-electron chi connectivity index (χ3n) is 3.69. The van der Waals surface area contributed by atoms with Gasteiger partial charge in [-0.05, 0) is 25.0 Å². The summed E-state index contributed by atoms with van der Waals surface area (Å²) < 4.78 is 0. The van der Waals surface area contributed by atoms with Gasteiger partial charge in [0.25, 0.3) is 0 Å². The minimum Gasteiger partial charge on any atom is -0.371 e. The Hall–Kier alpha value is -1.84. The lowest BCUT2D eigenvalue weighted by atomic mass is 10.1. The fourth-order valence-corrected chi connectivity index (χ4v) is 2.55. The van der Waals surface area contributed by atoms with Crippen molar-refractivity contribution in [3.63, 3.8) is 0 Å². The quantitative estimate of drug-likeness (QED) is 0.846. The zero-order chi connectivity index (χ0) is 14.5. The van der Waals surface area contributed by atoms with Crippen molar-refractivity contribution >= 4 is 17.4 Å². The molecule has 20 heavy (non-hydrogen) atoms. The summed E-state index contributed by atoms with van der Waals surface area (Å²) in [5, 5.41) is 0. The fourth-order valence-electron chi connectivity index (χ4n) is 2.55. The van der Waals surface area contributed by atoms with E-state index in [1.165, 1.54) is 0 Å². The van der Waals surface area contributed by atoms with Crippen LogP contribution >= 0.6 is 0 Å². The first-order chi connectivity index (χ1) is 9.59. The maximum Gasteiger partial charge on any atom is 0.222 e. The molecule has 0 radical (unpaired) electrons. The van der Waals surface area contributed by atoms with E-state index < -0.39 is 0 Å². The highest BCUT2D eigenvalue weighted by Crippen LogP contribution is 2.26. The lowest BCUT2D eigenvalue weighted by molar-refractivity contribution is -0.128. The lowest BCUT2D eigenvalue weighted by Gasteiger charge is -2.24. The molecule has 0 aromatic heterocycles. The third-order valence-corrected chi connectivity index (χ3v) is 3.69. The Balaban J connectivity index is 2.03. The number of hydrogen-bond donors (Lipinski definition) is 0. The summed E-state index contributed by atoms with van der Waals surface area (Å²) in [6.45, 7) is 1.71. The molecule has 1 aliphatic rings. The van der Waals surface area contributed by atoms with Crippen molar-refractivity contribution in [2.24, 2.45) is 0 Å². The number of fused-ring (bicyclic) bond motifs is 1. The number of amides is 1. The van der Waals surface area contributed by atoms with Gasteiger partial charge in [0.1, 0.15) is 0 Å². The topological polar surface area (TPSA) is 40.6 Å². The Morgan fingerprint density at radius 2 is 2.05 bits per heavy atom. The van der Waals surface area contributed by atoms with Gasteiger partial charge in [0.2, 0.25) is 5.91 Å². The molecular weight excluding hydrogens is 252 g/mol. The summed E-state index contributed by atoms with van der Waals surface area (Å²) in [6.07, 6.45) is 2.87. The summed E-state index contributed by atoms with van der Waals surface area (Å²) in [5.41, 5.74) is 1.84. The van der Waals surface area contributed by atoms with E-state index >= 15 is 0 Å². The average Bonchev–Trinajstić information content (AvgIpc) is 2.59. The minimum absolute atomic E-state index is 0.157. The molecule has 1 aliphatic heterocycles. The Morgan fingerprint density at radius 1 is 1.30 bits per heavy atom. The third kappa shape index (κ3) is 3.38. The first-order valence-corrected chi connectivity index (χ1v) is 7.17. The van der Waals surface area contributed by atoms with Crippen molar-refractivity contribution in [3.8, 4) is 0 Å². The van der Waals surface area contributed by atoms with Gasteiger partial charge < -0.3 is 9.80 Å². The molecule has 1 amide bonds. The molecule has 1 aromatic rings. The van der Waals surface area contributed by atoms with Gasteiger partial charge in [-0.3, -0.25) is 9.59 Å². The first kappa shape index (κ1) is 14.6. The molecule has 2 rings (SSSR count). The number of carbonyl (C=O) groups is 2. The molecule has 0 atom stereocenters. The standard InChI is InChI=1S/C16H22N2O2/c1-17(2)16(20)10-6-12-18-11-5-9-15(19)13-7-3-4-8-14(13)18/h3-4,7-8H,5-6,9-12H2,1-2H3. The van der Waals surface area contributed by atoms with E-state index in [0.29, 0.717) is 12.8 Å². The van der Waals surface area contributed by atoms with Crippen LogP contribution in [0.4, 0.5) is 5.69 Å². The van der Waals surface area contributed by atoms with Crippen LogP contribution in [-0.2, 0) is 4.79 Å². The number of para-hydroxylation sites is 1. The van der Waals surface area contributed by atoms with Crippen LogP contribution in [0.15, 0.2) is 24.3 Å². The van der Waals surface area contributed by atoms with Crippen molar-refractivity contribution in [2.75, 3.05) is 32.1 Å². The van der Waals surface area contributed by atoms with Crippen molar-refractivity contribution in [1.29, 1.82) is 0 Å². The maximum absolute atomic E-state index is 12.0. The zero-order valence-electron chi connectivity index (χ0n) is 12.3. The van der Waals surface area contributed by atoms with Crippen LogP contribution in [0.2, 0.25) is 0 Å². The van der Waals surface area contributed by atoms with E-state index in [1.54, 1.807) is 19.0 Å². The summed E-state index contributed by atoms with van der Waals surface area (Å²) >= 11 is 0. The van der Waals surface area contributed by atoms with Crippen LogP contribution in [0, 0.1) is 0 Å². The van der Waals surface area contributed by atoms with Gasteiger partial charge in [0, 0.05) is 51.3 Å². The van der Waals surface area contributed by atoms with Crippen LogP contribution in [0.5, 0.6) is 0 Å². The zero-order valence-corrected chi connectivity index (χ0v) is 12.3. The Bertz CT molecular complexity index is 497. The molecule has 1 aromatic carbocycles. The van der Waals surface area contributed by atoms with E-state index in [9.17, 15) is 9.59 Å². The van der Waals surface area contributed by atoms with Gasteiger partial charge in [0.05, 0.1) is 0 Å². The molecule has 0 unspecified atom stereocenters. The van der Waals surface area contributed by atoms with E-state index in [2.05, 4.69) is 4.90 Å². The van der Waals surface area contributed by atoms with Gasteiger partial charge >= 0.3 is 0 Å². The summed E-state index contributed by atoms with van der Waals surface area (Å²) in [7, 11) is 3.56. The number of hydrogen-bond acceptors (Lipinski definition) is 3. The van der Waals surface area contributed by atoms with Gasteiger partial charge in [0.15, 0.2) is 5.78 Å². The molecule has 0 bridgehead atoms. The molecule has 4 heteroatoms. The molecule has 0 spiro atoms. The molecule has 0 saturated heterocycles. The van der Waals surface area contributed by atoms with Gasteiger partial charge in [-0.25, -0.2) is 0 Å². The highest BCUT2D eigenvalue weighted by atomic mass is 16.2. The van der Waals surface area contributed by atoms with Crippen LogP contribution in [0.25, 0.3) is 0 Å². The van der Waals surface area contributed by atoms with Crippen molar-refractivity contribution in [2.45, 2.75) is 25.7 Å². The van der Waals surface area contributed by atoms with Crippen LogP contribution < -0.4 is 4.90 Å². The lowest BCUT2D eigenvalue weighted by Crippen LogP contribution is -2.27. The number of rotatable bonds is 4. The first-order valence-electron chi connectivity index (χ1n) is 7.17.